The summed E-state index contributed by atoms with van der Waals surface area (Å²) >= 11 is 0. The molecule has 1 aromatic heterocycles. The third-order valence-corrected chi connectivity index (χ3v) is 5.28. The minimum atomic E-state index is -0.857. The first-order chi connectivity index (χ1) is 16.0. The zero-order chi connectivity index (χ0) is 23.2. The Balaban J connectivity index is 1.47. The average molecular weight is 457 g/mol. The van der Waals surface area contributed by atoms with Gasteiger partial charge in [0.1, 0.15) is 24.0 Å². The van der Waals surface area contributed by atoms with Crippen molar-refractivity contribution in [3.63, 3.8) is 0 Å². The molecule has 0 unspecified atom stereocenters. The molecule has 1 fully saturated rings. The first kappa shape index (κ1) is 22.7. The Morgan fingerprint density at radius 2 is 1.94 bits per heavy atom. The van der Waals surface area contributed by atoms with Gasteiger partial charge in [0.2, 0.25) is 0 Å². The zero-order valence-corrected chi connectivity index (χ0v) is 18.2. The third kappa shape index (κ3) is 5.85. The summed E-state index contributed by atoms with van der Waals surface area (Å²) in [6, 6.07) is 9.37. The summed E-state index contributed by atoms with van der Waals surface area (Å²) in [5, 5.41) is 9.27. The largest absolute Gasteiger partial charge is 0.492 e. The minimum Gasteiger partial charge on any atom is -0.492 e. The number of morpholine rings is 1. The first-order valence-electron chi connectivity index (χ1n) is 10.6. The zero-order valence-electron chi connectivity index (χ0n) is 18.2. The summed E-state index contributed by atoms with van der Waals surface area (Å²) in [4.78, 5) is 14.6. The number of aryl methyl sites for hydroxylation is 1. The lowest BCUT2D eigenvalue weighted by atomic mass is 10.1. The van der Waals surface area contributed by atoms with Gasteiger partial charge in [-0.25, -0.2) is 13.6 Å². The lowest BCUT2D eigenvalue weighted by Crippen LogP contribution is -2.38. The molecule has 3 aromatic rings. The molecule has 4 rings (SSSR count). The van der Waals surface area contributed by atoms with E-state index in [-0.39, 0.29) is 5.69 Å². The minimum absolute atomic E-state index is 0.121. The van der Waals surface area contributed by atoms with E-state index in [9.17, 15) is 13.6 Å². The number of hydrogen-bond acceptors (Lipinski definition) is 5. The number of halogens is 2. The van der Waals surface area contributed by atoms with Gasteiger partial charge in [0.15, 0.2) is 0 Å². The van der Waals surface area contributed by atoms with Crippen molar-refractivity contribution in [2.24, 2.45) is 7.05 Å². The molecule has 174 valence electrons. The number of ether oxygens (including phenoxy) is 2. The SMILES string of the molecule is Cn1nccc1-c1cc(NC(=O)Nc2ccc(F)cc2F)ccc1OCCN1CCOCC1. The summed E-state index contributed by atoms with van der Waals surface area (Å²) in [6.07, 6.45) is 1.68. The van der Waals surface area contributed by atoms with Crippen molar-refractivity contribution in [2.45, 2.75) is 0 Å². The second kappa shape index (κ2) is 10.4. The average Bonchev–Trinajstić information content (AvgIpc) is 3.23. The van der Waals surface area contributed by atoms with Gasteiger partial charge in [-0.3, -0.25) is 9.58 Å². The molecule has 8 nitrogen and oxygen atoms in total. The standard InChI is InChI=1S/C23H25F2N5O3/c1-29-21(6-7-26-29)18-15-17(27-23(31)28-20-4-2-16(24)14-19(20)25)3-5-22(18)33-13-10-30-8-11-32-12-9-30/h2-7,14-15H,8-13H2,1H3,(H2,27,28,31). The smallest absolute Gasteiger partial charge is 0.323 e. The van der Waals surface area contributed by atoms with Gasteiger partial charge < -0.3 is 20.1 Å². The van der Waals surface area contributed by atoms with Crippen LogP contribution in [0.1, 0.15) is 0 Å². The normalized spacial score (nSPS) is 14.2. The topological polar surface area (TPSA) is 80.7 Å². The molecular formula is C23H25F2N5O3. The molecule has 2 heterocycles. The first-order valence-corrected chi connectivity index (χ1v) is 10.6. The molecule has 0 aliphatic carbocycles. The number of hydrogen-bond donors (Lipinski definition) is 2. The number of aromatic nitrogens is 2. The molecule has 0 bridgehead atoms. The van der Waals surface area contributed by atoms with E-state index >= 15 is 0 Å². The summed E-state index contributed by atoms with van der Waals surface area (Å²) in [5.41, 5.74) is 1.92. The highest BCUT2D eigenvalue weighted by atomic mass is 19.1. The summed E-state index contributed by atoms with van der Waals surface area (Å²) in [6.45, 7) is 4.49. The number of carbonyl (C=O) groups is 1. The van der Waals surface area contributed by atoms with Gasteiger partial charge in [-0.05, 0) is 36.4 Å². The van der Waals surface area contributed by atoms with E-state index in [1.807, 2.05) is 13.1 Å². The maximum Gasteiger partial charge on any atom is 0.323 e. The second-order valence-corrected chi connectivity index (χ2v) is 7.56. The number of carbonyl (C=O) groups excluding carboxylic acids is 1. The molecular weight excluding hydrogens is 432 g/mol. The van der Waals surface area contributed by atoms with Gasteiger partial charge in [0, 0.05) is 50.2 Å². The van der Waals surface area contributed by atoms with E-state index in [4.69, 9.17) is 9.47 Å². The van der Waals surface area contributed by atoms with Crippen molar-refractivity contribution in [3.8, 4) is 17.0 Å². The maximum absolute atomic E-state index is 13.8. The second-order valence-electron chi connectivity index (χ2n) is 7.56. The Kier molecular flexibility index (Phi) is 7.16. The fraction of sp³-hybridized carbons (Fsp3) is 0.304. The molecule has 0 spiro atoms. The van der Waals surface area contributed by atoms with E-state index < -0.39 is 17.7 Å². The molecule has 33 heavy (non-hydrogen) atoms. The number of amides is 2. The van der Waals surface area contributed by atoms with E-state index in [0.717, 1.165) is 56.2 Å². The molecule has 0 saturated carbocycles. The van der Waals surface area contributed by atoms with Crippen molar-refractivity contribution in [2.75, 3.05) is 50.1 Å². The predicted octanol–water partition coefficient (Wildman–Crippen LogP) is 3.72. The van der Waals surface area contributed by atoms with Crippen molar-refractivity contribution in [1.82, 2.24) is 14.7 Å². The van der Waals surface area contributed by atoms with Crippen LogP contribution in [0.25, 0.3) is 11.3 Å². The van der Waals surface area contributed by atoms with Gasteiger partial charge in [-0.15, -0.1) is 0 Å². The Morgan fingerprint density at radius 1 is 1.12 bits per heavy atom. The van der Waals surface area contributed by atoms with Crippen LogP contribution in [-0.2, 0) is 11.8 Å². The molecule has 2 N–H and O–H groups in total. The number of nitrogens with one attached hydrogen (secondary N) is 2. The van der Waals surface area contributed by atoms with Crippen molar-refractivity contribution >= 4 is 17.4 Å². The number of rotatable bonds is 7. The molecule has 0 atom stereocenters. The molecule has 0 radical (unpaired) electrons. The van der Waals surface area contributed by atoms with Crippen LogP contribution < -0.4 is 15.4 Å². The van der Waals surface area contributed by atoms with Crippen LogP contribution in [0.5, 0.6) is 5.75 Å². The van der Waals surface area contributed by atoms with E-state index in [2.05, 4.69) is 20.6 Å². The highest BCUT2D eigenvalue weighted by Crippen LogP contribution is 2.32. The fourth-order valence-corrected chi connectivity index (χ4v) is 3.56. The van der Waals surface area contributed by atoms with Crippen LogP contribution in [-0.4, -0.2) is 60.2 Å². The number of urea groups is 1. The Morgan fingerprint density at radius 3 is 2.67 bits per heavy atom. The molecule has 2 amide bonds. The van der Waals surface area contributed by atoms with Gasteiger partial charge in [0.25, 0.3) is 0 Å². The lowest BCUT2D eigenvalue weighted by Gasteiger charge is -2.26. The van der Waals surface area contributed by atoms with Crippen molar-refractivity contribution in [3.05, 3.63) is 60.3 Å². The van der Waals surface area contributed by atoms with Gasteiger partial charge >= 0.3 is 6.03 Å². The quantitative estimate of drug-likeness (QED) is 0.565. The fourth-order valence-electron chi connectivity index (χ4n) is 3.56. The van der Waals surface area contributed by atoms with Crippen LogP contribution in [0.2, 0.25) is 0 Å². The molecule has 1 aliphatic heterocycles. The Labute approximate surface area is 190 Å². The number of anilines is 2. The van der Waals surface area contributed by atoms with Crippen LogP contribution >= 0.6 is 0 Å². The van der Waals surface area contributed by atoms with Gasteiger partial charge in [-0.2, -0.15) is 5.10 Å². The van der Waals surface area contributed by atoms with E-state index in [1.54, 1.807) is 29.1 Å². The Bertz CT molecular complexity index is 1120. The number of benzene rings is 2. The highest BCUT2D eigenvalue weighted by molar-refractivity contribution is 6.00. The predicted molar refractivity (Wildman–Crippen MR) is 120 cm³/mol. The van der Waals surface area contributed by atoms with Gasteiger partial charge in [0.05, 0.1) is 24.6 Å². The summed E-state index contributed by atoms with van der Waals surface area (Å²) in [7, 11) is 1.82. The monoisotopic (exact) mass is 457 g/mol. The maximum atomic E-state index is 13.8. The third-order valence-electron chi connectivity index (χ3n) is 5.28. The van der Waals surface area contributed by atoms with Crippen LogP contribution in [0.15, 0.2) is 48.7 Å². The van der Waals surface area contributed by atoms with Crippen LogP contribution in [0.3, 0.4) is 0 Å². The molecule has 10 heteroatoms. The van der Waals surface area contributed by atoms with Crippen LogP contribution in [0, 0.1) is 11.6 Å². The lowest BCUT2D eigenvalue weighted by molar-refractivity contribution is 0.0323. The van der Waals surface area contributed by atoms with Crippen molar-refractivity contribution in [1.29, 1.82) is 0 Å². The van der Waals surface area contributed by atoms with Crippen molar-refractivity contribution < 1.29 is 23.0 Å². The summed E-state index contributed by atoms with van der Waals surface area (Å²) in [5.74, 6) is -0.921. The van der Waals surface area contributed by atoms with E-state index in [0.29, 0.717) is 24.1 Å². The molecule has 1 saturated heterocycles. The molecule has 1 aliphatic rings. The molecule has 2 aromatic carbocycles. The summed E-state index contributed by atoms with van der Waals surface area (Å²) < 4.78 is 40.1. The highest BCUT2D eigenvalue weighted by Gasteiger charge is 2.15. The van der Waals surface area contributed by atoms with Gasteiger partial charge in [-0.1, -0.05) is 0 Å². The number of nitrogens with zero attached hydrogens (tertiary/aromatic N) is 3. The Hall–Kier alpha value is -3.50. The van der Waals surface area contributed by atoms with E-state index in [1.165, 1.54) is 0 Å². The van der Waals surface area contributed by atoms with Crippen LogP contribution in [0.4, 0.5) is 25.0 Å².